The molecule has 0 saturated heterocycles. The molecule has 0 atom stereocenters. The monoisotopic (exact) mass is 276 g/mol. The maximum atomic E-state index is 11.7. The van der Waals surface area contributed by atoms with Gasteiger partial charge in [-0.2, -0.15) is 10.4 Å². The largest absolute Gasteiger partial charge is 0.356 e. The van der Waals surface area contributed by atoms with Crippen LogP contribution in [0.5, 0.6) is 0 Å². The first-order valence-corrected chi connectivity index (χ1v) is 7.12. The van der Waals surface area contributed by atoms with Crippen LogP contribution >= 0.6 is 0 Å². The second-order valence-corrected chi connectivity index (χ2v) is 5.48. The van der Waals surface area contributed by atoms with Gasteiger partial charge in [0.25, 0.3) is 0 Å². The lowest BCUT2D eigenvalue weighted by Gasteiger charge is -2.08. The molecule has 5 heteroatoms. The van der Waals surface area contributed by atoms with E-state index in [1.54, 1.807) is 0 Å². The molecule has 0 fully saturated rings. The second-order valence-electron chi connectivity index (χ2n) is 5.48. The van der Waals surface area contributed by atoms with Crippen LogP contribution in [0.25, 0.3) is 0 Å². The third-order valence-electron chi connectivity index (χ3n) is 3.28. The lowest BCUT2D eigenvalue weighted by atomic mass is 10.1. The van der Waals surface area contributed by atoms with Crippen LogP contribution in [0.3, 0.4) is 0 Å². The van der Waals surface area contributed by atoms with E-state index in [1.165, 1.54) is 0 Å². The van der Waals surface area contributed by atoms with Crippen molar-refractivity contribution in [1.82, 2.24) is 15.1 Å². The molecule has 0 aliphatic carbocycles. The highest BCUT2D eigenvalue weighted by Gasteiger charge is 2.12. The summed E-state index contributed by atoms with van der Waals surface area (Å²) in [6.07, 6.45) is 1.64. The average molecular weight is 276 g/mol. The summed E-state index contributed by atoms with van der Waals surface area (Å²) in [5.41, 5.74) is 3.15. The van der Waals surface area contributed by atoms with Crippen LogP contribution in [-0.2, 0) is 17.8 Å². The van der Waals surface area contributed by atoms with E-state index in [0.29, 0.717) is 31.7 Å². The van der Waals surface area contributed by atoms with Crippen LogP contribution in [0.2, 0.25) is 0 Å². The Kier molecular flexibility index (Phi) is 6.23. The van der Waals surface area contributed by atoms with Gasteiger partial charge in [0.2, 0.25) is 5.91 Å². The van der Waals surface area contributed by atoms with E-state index in [9.17, 15) is 4.79 Å². The number of aryl methyl sites for hydroxylation is 2. The van der Waals surface area contributed by atoms with Crippen LogP contribution in [0.1, 0.15) is 43.6 Å². The number of nitrogens with zero attached hydrogens (tertiary/aromatic N) is 3. The minimum atomic E-state index is 0.0854. The molecule has 0 aliphatic rings. The molecule has 1 heterocycles. The Labute approximate surface area is 121 Å². The molecule has 0 saturated carbocycles. The smallest absolute Gasteiger partial charge is 0.220 e. The van der Waals surface area contributed by atoms with Crippen molar-refractivity contribution in [3.63, 3.8) is 0 Å². The van der Waals surface area contributed by atoms with E-state index in [0.717, 1.165) is 23.5 Å². The molecule has 0 bridgehead atoms. The Balaban J connectivity index is 2.58. The first kappa shape index (κ1) is 16.2. The summed E-state index contributed by atoms with van der Waals surface area (Å²) in [7, 11) is 0. The van der Waals surface area contributed by atoms with Gasteiger partial charge in [0.15, 0.2) is 0 Å². The number of nitriles is 1. The van der Waals surface area contributed by atoms with Crippen LogP contribution < -0.4 is 5.32 Å². The Morgan fingerprint density at radius 3 is 2.75 bits per heavy atom. The predicted molar refractivity (Wildman–Crippen MR) is 78.1 cm³/mol. The summed E-state index contributed by atoms with van der Waals surface area (Å²) >= 11 is 0. The maximum Gasteiger partial charge on any atom is 0.220 e. The zero-order chi connectivity index (χ0) is 15.1. The van der Waals surface area contributed by atoms with Crippen LogP contribution in [-0.4, -0.2) is 22.2 Å². The van der Waals surface area contributed by atoms with Crippen molar-refractivity contribution < 1.29 is 4.79 Å². The van der Waals surface area contributed by atoms with Crippen molar-refractivity contribution in [3.05, 3.63) is 17.0 Å². The minimum Gasteiger partial charge on any atom is -0.356 e. The van der Waals surface area contributed by atoms with Gasteiger partial charge in [0, 0.05) is 18.7 Å². The van der Waals surface area contributed by atoms with E-state index in [-0.39, 0.29) is 5.91 Å². The fourth-order valence-electron chi connectivity index (χ4n) is 2.11. The topological polar surface area (TPSA) is 70.7 Å². The maximum absolute atomic E-state index is 11.7. The van der Waals surface area contributed by atoms with Crippen molar-refractivity contribution >= 4 is 5.91 Å². The van der Waals surface area contributed by atoms with Crippen molar-refractivity contribution in [2.24, 2.45) is 5.92 Å². The summed E-state index contributed by atoms with van der Waals surface area (Å²) in [5, 5.41) is 16.0. The third kappa shape index (κ3) is 4.69. The lowest BCUT2D eigenvalue weighted by Crippen LogP contribution is -2.27. The predicted octanol–water partition coefficient (Wildman–Crippen LogP) is 2.12. The Morgan fingerprint density at radius 2 is 2.15 bits per heavy atom. The number of rotatable bonds is 7. The normalized spacial score (nSPS) is 10.6. The lowest BCUT2D eigenvalue weighted by molar-refractivity contribution is -0.121. The number of carbonyl (C=O) groups is 1. The first-order valence-electron chi connectivity index (χ1n) is 7.12. The van der Waals surface area contributed by atoms with Crippen LogP contribution in [0, 0.1) is 31.1 Å². The second kappa shape index (κ2) is 7.68. The fourth-order valence-corrected chi connectivity index (χ4v) is 2.11. The summed E-state index contributed by atoms with van der Waals surface area (Å²) in [6, 6.07) is 2.12. The van der Waals surface area contributed by atoms with Crippen molar-refractivity contribution in [2.75, 3.05) is 6.54 Å². The Hall–Kier alpha value is -1.83. The number of nitrogens with one attached hydrogen (secondary N) is 1. The molecule has 0 unspecified atom stereocenters. The molecular formula is C15H24N4O. The van der Waals surface area contributed by atoms with Crippen molar-refractivity contribution in [3.8, 4) is 6.07 Å². The average Bonchev–Trinajstić information content (AvgIpc) is 2.66. The highest BCUT2D eigenvalue weighted by atomic mass is 16.1. The van der Waals surface area contributed by atoms with Gasteiger partial charge < -0.3 is 5.32 Å². The number of amides is 1. The van der Waals surface area contributed by atoms with E-state index in [4.69, 9.17) is 5.26 Å². The molecule has 0 radical (unpaired) electrons. The first-order chi connectivity index (χ1) is 9.45. The molecule has 20 heavy (non-hydrogen) atoms. The SMILES string of the molecule is Cc1nn(CCC#N)c(C)c1CCC(=O)NCC(C)C. The molecule has 110 valence electrons. The molecule has 1 N–H and O–H groups in total. The van der Waals surface area contributed by atoms with Gasteiger partial charge in [-0.25, -0.2) is 0 Å². The highest BCUT2D eigenvalue weighted by Crippen LogP contribution is 2.15. The molecule has 1 rings (SSSR count). The van der Waals surface area contributed by atoms with Gasteiger partial charge in [-0.15, -0.1) is 0 Å². The molecule has 5 nitrogen and oxygen atoms in total. The van der Waals surface area contributed by atoms with Gasteiger partial charge in [-0.3, -0.25) is 9.48 Å². The molecular weight excluding hydrogens is 252 g/mol. The number of aromatic nitrogens is 2. The summed E-state index contributed by atoms with van der Waals surface area (Å²) in [6.45, 7) is 9.44. The standard InChI is InChI=1S/C15H24N4O/c1-11(2)10-17-15(20)7-6-14-12(3)18-19(13(14)4)9-5-8-16/h11H,5-7,9-10H2,1-4H3,(H,17,20). The van der Waals surface area contributed by atoms with Gasteiger partial charge in [0.1, 0.15) is 0 Å². The van der Waals surface area contributed by atoms with E-state index in [1.807, 2.05) is 18.5 Å². The molecule has 1 aromatic rings. The number of carbonyl (C=O) groups excluding carboxylic acids is 1. The summed E-state index contributed by atoms with van der Waals surface area (Å²) < 4.78 is 1.86. The number of hydrogen-bond acceptors (Lipinski definition) is 3. The van der Waals surface area contributed by atoms with Crippen LogP contribution in [0.15, 0.2) is 0 Å². The molecule has 0 aliphatic heterocycles. The molecule has 0 spiro atoms. The van der Waals surface area contributed by atoms with E-state index < -0.39 is 0 Å². The van der Waals surface area contributed by atoms with Crippen molar-refractivity contribution in [2.45, 2.75) is 53.5 Å². The van der Waals surface area contributed by atoms with E-state index >= 15 is 0 Å². The fraction of sp³-hybridized carbons (Fsp3) is 0.667. The van der Waals surface area contributed by atoms with Gasteiger partial charge in [-0.1, -0.05) is 13.8 Å². The summed E-state index contributed by atoms with van der Waals surface area (Å²) in [5.74, 6) is 0.554. The zero-order valence-electron chi connectivity index (χ0n) is 12.9. The van der Waals surface area contributed by atoms with Gasteiger partial charge in [0.05, 0.1) is 24.7 Å². The zero-order valence-corrected chi connectivity index (χ0v) is 12.9. The van der Waals surface area contributed by atoms with Gasteiger partial charge >= 0.3 is 0 Å². The quantitative estimate of drug-likeness (QED) is 0.829. The molecule has 1 aromatic heterocycles. The third-order valence-corrected chi connectivity index (χ3v) is 3.28. The van der Waals surface area contributed by atoms with Crippen molar-refractivity contribution in [1.29, 1.82) is 5.26 Å². The molecule has 1 amide bonds. The van der Waals surface area contributed by atoms with Crippen LogP contribution in [0.4, 0.5) is 0 Å². The van der Waals surface area contributed by atoms with E-state index in [2.05, 4.69) is 30.3 Å². The number of hydrogen-bond donors (Lipinski definition) is 1. The Morgan fingerprint density at radius 1 is 1.45 bits per heavy atom. The highest BCUT2D eigenvalue weighted by molar-refractivity contribution is 5.76. The summed E-state index contributed by atoms with van der Waals surface area (Å²) in [4.78, 5) is 11.7. The minimum absolute atomic E-state index is 0.0854. The Bertz CT molecular complexity index is 497. The molecule has 0 aromatic carbocycles. The van der Waals surface area contributed by atoms with Gasteiger partial charge in [-0.05, 0) is 31.7 Å².